The van der Waals surface area contributed by atoms with Crippen molar-refractivity contribution in [3.8, 4) is 22.4 Å². The van der Waals surface area contributed by atoms with Gasteiger partial charge in [-0.2, -0.15) is 4.31 Å². The number of anilines is 1. The molecule has 2 heterocycles. The Morgan fingerprint density at radius 1 is 0.975 bits per heavy atom. The Kier molecular flexibility index (Phi) is 8.57. The maximum absolute atomic E-state index is 13.0. The first-order valence-electron chi connectivity index (χ1n) is 12.3. The first-order chi connectivity index (χ1) is 19.3. The van der Waals surface area contributed by atoms with Crippen molar-refractivity contribution in [1.29, 1.82) is 0 Å². The summed E-state index contributed by atoms with van der Waals surface area (Å²) >= 11 is 7.39. The summed E-state index contributed by atoms with van der Waals surface area (Å²) in [6, 6.07) is 21.8. The molecule has 206 valence electrons. The number of hydrogen-bond donors (Lipinski definition) is 1. The van der Waals surface area contributed by atoms with Gasteiger partial charge in [-0.3, -0.25) is 10.1 Å². The van der Waals surface area contributed by atoms with Crippen molar-refractivity contribution in [2.45, 2.75) is 4.90 Å². The van der Waals surface area contributed by atoms with Crippen LogP contribution >= 0.6 is 22.9 Å². The van der Waals surface area contributed by atoms with Crippen LogP contribution in [0.4, 0.5) is 5.13 Å². The molecule has 4 aromatic rings. The highest BCUT2D eigenvalue weighted by molar-refractivity contribution is 7.89. The van der Waals surface area contributed by atoms with E-state index < -0.39 is 28.5 Å². The summed E-state index contributed by atoms with van der Waals surface area (Å²) in [6.07, 6.45) is 0. The number of halogens is 1. The van der Waals surface area contributed by atoms with Crippen LogP contribution in [0.15, 0.2) is 83.1 Å². The second-order valence-corrected chi connectivity index (χ2v) is 11.9. The molecule has 0 atom stereocenters. The summed E-state index contributed by atoms with van der Waals surface area (Å²) in [6.45, 7) is 0.341. The molecule has 0 saturated carbocycles. The highest BCUT2D eigenvalue weighted by atomic mass is 35.5. The molecule has 1 fully saturated rings. The van der Waals surface area contributed by atoms with Gasteiger partial charge in [0, 0.05) is 24.0 Å². The summed E-state index contributed by atoms with van der Waals surface area (Å²) < 4.78 is 37.6. The number of nitrogens with zero attached hydrogens (tertiary/aromatic N) is 2. The first-order valence-corrected chi connectivity index (χ1v) is 15.0. The van der Waals surface area contributed by atoms with Crippen molar-refractivity contribution < 1.29 is 27.5 Å². The highest BCUT2D eigenvalue weighted by Crippen LogP contribution is 2.29. The van der Waals surface area contributed by atoms with Crippen LogP contribution in [-0.4, -0.2) is 62.5 Å². The van der Waals surface area contributed by atoms with Crippen molar-refractivity contribution in [3.05, 3.63) is 88.8 Å². The summed E-state index contributed by atoms with van der Waals surface area (Å²) in [5, 5.41) is 4.78. The van der Waals surface area contributed by atoms with E-state index in [4.69, 9.17) is 21.1 Å². The number of carbonyl (C=O) groups is 2. The van der Waals surface area contributed by atoms with Crippen LogP contribution in [0, 0.1) is 0 Å². The number of sulfonamides is 1. The Morgan fingerprint density at radius 2 is 1.65 bits per heavy atom. The van der Waals surface area contributed by atoms with E-state index >= 15 is 0 Å². The SMILES string of the molecule is O=C(COC(=O)c1ccc(Cl)c(S(=O)(=O)N2CCOCC2)c1)Nc1nc(-c2ccc(-c3ccccc3)cc2)cs1. The van der Waals surface area contributed by atoms with E-state index in [1.165, 1.54) is 27.8 Å². The number of esters is 1. The molecular formula is C28H24ClN3O6S2. The molecule has 0 unspecified atom stereocenters. The lowest BCUT2D eigenvalue weighted by molar-refractivity contribution is -0.119. The van der Waals surface area contributed by atoms with Crippen LogP contribution in [0.2, 0.25) is 5.02 Å². The quantitative estimate of drug-likeness (QED) is 0.286. The van der Waals surface area contributed by atoms with Crippen molar-refractivity contribution >= 4 is 50.0 Å². The lowest BCUT2D eigenvalue weighted by atomic mass is 10.0. The van der Waals surface area contributed by atoms with Gasteiger partial charge in [-0.15, -0.1) is 11.3 Å². The van der Waals surface area contributed by atoms with Crippen LogP contribution in [-0.2, 0) is 24.3 Å². The van der Waals surface area contributed by atoms with Crippen molar-refractivity contribution in [1.82, 2.24) is 9.29 Å². The van der Waals surface area contributed by atoms with Gasteiger partial charge in [0.2, 0.25) is 10.0 Å². The summed E-state index contributed by atoms with van der Waals surface area (Å²) in [5.41, 5.74) is 3.75. The number of rotatable bonds is 8. The number of carbonyl (C=O) groups excluding carboxylic acids is 2. The molecule has 0 aliphatic carbocycles. The Hall–Kier alpha value is -3.61. The van der Waals surface area contributed by atoms with Gasteiger partial charge in [0.15, 0.2) is 11.7 Å². The molecule has 1 aliphatic rings. The monoisotopic (exact) mass is 597 g/mol. The van der Waals surface area contributed by atoms with Gasteiger partial charge in [0.05, 0.1) is 29.5 Å². The van der Waals surface area contributed by atoms with Crippen molar-refractivity contribution in [2.75, 3.05) is 38.2 Å². The van der Waals surface area contributed by atoms with Gasteiger partial charge in [0.25, 0.3) is 5.91 Å². The van der Waals surface area contributed by atoms with E-state index in [1.807, 2.05) is 60.0 Å². The largest absolute Gasteiger partial charge is 0.452 e. The number of hydrogen-bond acceptors (Lipinski definition) is 8. The number of amides is 1. The third-order valence-electron chi connectivity index (χ3n) is 6.13. The van der Waals surface area contributed by atoms with E-state index in [-0.39, 0.29) is 41.8 Å². The molecule has 0 bridgehead atoms. The number of morpholine rings is 1. The van der Waals surface area contributed by atoms with Gasteiger partial charge in [-0.25, -0.2) is 18.2 Å². The van der Waals surface area contributed by atoms with Gasteiger partial charge in [-0.1, -0.05) is 66.2 Å². The Balaban J connectivity index is 1.18. The molecule has 5 rings (SSSR count). The maximum atomic E-state index is 13.0. The molecule has 0 radical (unpaired) electrons. The van der Waals surface area contributed by atoms with Crippen molar-refractivity contribution in [3.63, 3.8) is 0 Å². The lowest BCUT2D eigenvalue weighted by Crippen LogP contribution is -2.40. The molecule has 1 amide bonds. The van der Waals surface area contributed by atoms with Crippen molar-refractivity contribution in [2.24, 2.45) is 0 Å². The highest BCUT2D eigenvalue weighted by Gasteiger charge is 2.29. The fourth-order valence-electron chi connectivity index (χ4n) is 4.05. The first kappa shape index (κ1) is 27.9. The van der Waals surface area contributed by atoms with Gasteiger partial charge >= 0.3 is 5.97 Å². The normalized spacial score (nSPS) is 14.0. The smallest absolute Gasteiger partial charge is 0.338 e. The fourth-order valence-corrected chi connectivity index (χ4v) is 6.70. The second-order valence-electron chi connectivity index (χ2n) is 8.77. The molecule has 1 aliphatic heterocycles. The molecular weight excluding hydrogens is 574 g/mol. The molecule has 40 heavy (non-hydrogen) atoms. The predicted octanol–water partition coefficient (Wildman–Crippen LogP) is 4.95. The minimum atomic E-state index is -3.93. The number of aromatic nitrogens is 1. The third-order valence-corrected chi connectivity index (χ3v) is 9.27. The van der Waals surface area contributed by atoms with E-state index in [9.17, 15) is 18.0 Å². The van der Waals surface area contributed by atoms with E-state index in [1.54, 1.807) is 0 Å². The Labute approximate surface area is 240 Å². The summed E-state index contributed by atoms with van der Waals surface area (Å²) in [7, 11) is -3.93. The molecule has 1 N–H and O–H groups in total. The van der Waals surface area contributed by atoms with Crippen LogP contribution in [0.3, 0.4) is 0 Å². The molecule has 1 aromatic heterocycles. The minimum absolute atomic E-state index is 0.0185. The maximum Gasteiger partial charge on any atom is 0.338 e. The zero-order chi connectivity index (χ0) is 28.1. The fraction of sp³-hybridized carbons (Fsp3) is 0.179. The van der Waals surface area contributed by atoms with Crippen LogP contribution in [0.5, 0.6) is 0 Å². The van der Waals surface area contributed by atoms with Crippen LogP contribution in [0.1, 0.15) is 10.4 Å². The van der Waals surface area contributed by atoms with Gasteiger partial charge in [-0.05, 0) is 29.3 Å². The van der Waals surface area contributed by atoms with E-state index in [0.717, 1.165) is 22.8 Å². The number of benzene rings is 3. The number of thiazole rings is 1. The number of ether oxygens (including phenoxy) is 2. The van der Waals surface area contributed by atoms with E-state index in [2.05, 4.69) is 10.3 Å². The predicted molar refractivity (Wildman–Crippen MR) is 153 cm³/mol. The molecule has 0 spiro atoms. The molecule has 9 nitrogen and oxygen atoms in total. The average molecular weight is 598 g/mol. The van der Waals surface area contributed by atoms with Crippen LogP contribution in [0.25, 0.3) is 22.4 Å². The topological polar surface area (TPSA) is 115 Å². The third kappa shape index (κ3) is 6.40. The summed E-state index contributed by atoms with van der Waals surface area (Å²) in [5.74, 6) is -1.44. The number of nitrogens with one attached hydrogen (secondary N) is 1. The molecule has 1 saturated heterocycles. The van der Waals surface area contributed by atoms with Gasteiger partial charge < -0.3 is 9.47 Å². The second kappa shape index (κ2) is 12.3. The van der Waals surface area contributed by atoms with Gasteiger partial charge in [0.1, 0.15) is 4.90 Å². The summed E-state index contributed by atoms with van der Waals surface area (Å²) in [4.78, 5) is 29.3. The zero-order valence-electron chi connectivity index (χ0n) is 21.1. The Bertz CT molecular complexity index is 1620. The lowest BCUT2D eigenvalue weighted by Gasteiger charge is -2.26. The van der Waals surface area contributed by atoms with E-state index in [0.29, 0.717) is 10.8 Å². The molecule has 3 aromatic carbocycles. The standard InChI is InChI=1S/C28H24ClN3O6S2/c29-23-11-10-22(16-25(23)40(35,36)32-12-14-37-15-13-32)27(34)38-17-26(33)31-28-30-24(18-39-28)21-8-6-20(7-9-21)19-4-2-1-3-5-19/h1-11,16,18H,12-15,17H2,(H,30,31,33). The molecule has 12 heteroatoms. The Morgan fingerprint density at radius 3 is 2.38 bits per heavy atom. The zero-order valence-corrected chi connectivity index (χ0v) is 23.5. The van der Waals surface area contributed by atoms with Crippen LogP contribution < -0.4 is 5.32 Å². The minimum Gasteiger partial charge on any atom is -0.452 e. The average Bonchev–Trinajstić information content (AvgIpc) is 3.45.